The fraction of sp³-hybridized carbons (Fsp3) is 0.357. The number of anilines is 1. The van der Waals surface area contributed by atoms with Crippen LogP contribution in [0.3, 0.4) is 0 Å². The van der Waals surface area contributed by atoms with Crippen LogP contribution >= 0.6 is 0 Å². The summed E-state index contributed by atoms with van der Waals surface area (Å²) < 4.78 is 12.4. The number of ether oxygens (including phenoxy) is 2. The van der Waals surface area contributed by atoms with Crippen molar-refractivity contribution < 1.29 is 9.47 Å². The Bertz CT molecular complexity index is 551. The monoisotopic (exact) mass is 261 g/mol. The molecule has 1 atom stereocenters. The highest BCUT2D eigenvalue weighted by Crippen LogP contribution is 2.30. The molecule has 0 fully saturated rings. The molecule has 1 unspecified atom stereocenters. The third-order valence-corrected chi connectivity index (χ3v) is 2.98. The second kappa shape index (κ2) is 5.65. The topological polar surface area (TPSA) is 48.3 Å². The molecule has 0 saturated carbocycles. The minimum Gasteiger partial charge on any atom is -0.497 e. The number of nitrogens with one attached hydrogen (secondary N) is 1. The molecule has 1 heterocycles. The molecule has 1 N–H and O–H groups in total. The van der Waals surface area contributed by atoms with Crippen molar-refractivity contribution in [2.75, 3.05) is 19.5 Å². The summed E-state index contributed by atoms with van der Waals surface area (Å²) >= 11 is 0. The van der Waals surface area contributed by atoms with E-state index < -0.39 is 0 Å². The van der Waals surface area contributed by atoms with Crippen molar-refractivity contribution in [3.05, 3.63) is 36.0 Å². The smallest absolute Gasteiger partial charge is 0.148 e. The Morgan fingerprint density at radius 1 is 1.21 bits per heavy atom. The molecular formula is C14H19N3O2. The van der Waals surface area contributed by atoms with Crippen molar-refractivity contribution in [3.8, 4) is 11.5 Å². The first-order chi connectivity index (χ1) is 9.13. The summed E-state index contributed by atoms with van der Waals surface area (Å²) in [7, 11) is 5.21. The largest absolute Gasteiger partial charge is 0.497 e. The summed E-state index contributed by atoms with van der Waals surface area (Å²) in [5, 5.41) is 7.65. The Kier molecular flexibility index (Phi) is 3.94. The number of aromatic nitrogens is 2. The zero-order valence-electron chi connectivity index (χ0n) is 11.7. The molecule has 0 bridgehead atoms. The van der Waals surface area contributed by atoms with Crippen LogP contribution in [-0.2, 0) is 7.05 Å². The molecule has 1 aromatic heterocycles. The van der Waals surface area contributed by atoms with Gasteiger partial charge in [0.1, 0.15) is 17.3 Å². The first-order valence-corrected chi connectivity index (χ1v) is 6.12. The predicted molar refractivity (Wildman–Crippen MR) is 74.8 cm³/mol. The van der Waals surface area contributed by atoms with Crippen LogP contribution in [0, 0.1) is 0 Å². The van der Waals surface area contributed by atoms with Gasteiger partial charge >= 0.3 is 0 Å². The molecule has 1 aromatic carbocycles. The van der Waals surface area contributed by atoms with E-state index in [2.05, 4.69) is 17.3 Å². The Labute approximate surface area is 113 Å². The van der Waals surface area contributed by atoms with Crippen LogP contribution in [0.1, 0.15) is 18.5 Å². The molecule has 0 amide bonds. The lowest BCUT2D eigenvalue weighted by atomic mass is 10.1. The minimum absolute atomic E-state index is 0.0694. The van der Waals surface area contributed by atoms with Crippen LogP contribution in [0.25, 0.3) is 0 Å². The molecule has 0 radical (unpaired) electrons. The highest BCUT2D eigenvalue weighted by molar-refractivity contribution is 5.46. The zero-order valence-corrected chi connectivity index (χ0v) is 11.7. The molecule has 2 rings (SSSR count). The maximum Gasteiger partial charge on any atom is 0.148 e. The molecule has 0 aliphatic carbocycles. The Hall–Kier alpha value is -2.17. The van der Waals surface area contributed by atoms with E-state index in [4.69, 9.17) is 9.47 Å². The highest BCUT2D eigenvalue weighted by Gasteiger charge is 2.13. The van der Waals surface area contributed by atoms with E-state index in [9.17, 15) is 0 Å². The van der Waals surface area contributed by atoms with Gasteiger partial charge in [-0.1, -0.05) is 0 Å². The van der Waals surface area contributed by atoms with E-state index >= 15 is 0 Å². The van der Waals surface area contributed by atoms with Crippen LogP contribution in [0.15, 0.2) is 30.5 Å². The third kappa shape index (κ3) is 2.99. The average Bonchev–Trinajstić information content (AvgIpc) is 2.83. The summed E-state index contributed by atoms with van der Waals surface area (Å²) in [6, 6.07) is 7.77. The summed E-state index contributed by atoms with van der Waals surface area (Å²) in [6.45, 7) is 2.06. The number of aryl methyl sites for hydroxylation is 1. The molecule has 5 heteroatoms. The summed E-state index contributed by atoms with van der Waals surface area (Å²) in [5.74, 6) is 2.47. The number of rotatable bonds is 5. The van der Waals surface area contributed by atoms with Gasteiger partial charge in [0, 0.05) is 24.9 Å². The molecule has 0 saturated heterocycles. The van der Waals surface area contributed by atoms with Gasteiger partial charge in [-0.05, 0) is 25.1 Å². The first-order valence-electron chi connectivity index (χ1n) is 6.12. The first kappa shape index (κ1) is 13.3. The predicted octanol–water partition coefficient (Wildman–Crippen LogP) is 2.61. The molecule has 102 valence electrons. The Balaban J connectivity index is 2.23. The maximum absolute atomic E-state index is 5.39. The van der Waals surface area contributed by atoms with Crippen molar-refractivity contribution >= 4 is 5.82 Å². The lowest BCUT2D eigenvalue weighted by Gasteiger charge is -2.17. The second-order valence-electron chi connectivity index (χ2n) is 4.35. The molecule has 2 aromatic rings. The molecule has 5 nitrogen and oxygen atoms in total. The number of benzene rings is 1. The van der Waals surface area contributed by atoms with Gasteiger partial charge in [0.15, 0.2) is 0 Å². The standard InChI is InChI=1S/C14H19N3O2/c1-10(15-14-7-8-17(2)16-14)12-9-11(18-3)5-6-13(12)19-4/h5-10H,1-4H3,(H,15,16). The molecule has 0 spiro atoms. The quantitative estimate of drug-likeness (QED) is 0.898. The summed E-state index contributed by atoms with van der Waals surface area (Å²) in [6.07, 6.45) is 1.90. The molecule has 0 aliphatic heterocycles. The van der Waals surface area contributed by atoms with E-state index in [0.29, 0.717) is 0 Å². The highest BCUT2D eigenvalue weighted by atomic mass is 16.5. The van der Waals surface area contributed by atoms with Crippen molar-refractivity contribution in [3.63, 3.8) is 0 Å². The van der Waals surface area contributed by atoms with E-state index in [1.807, 2.05) is 37.5 Å². The number of nitrogens with zero attached hydrogens (tertiary/aromatic N) is 2. The molecular weight excluding hydrogens is 242 g/mol. The SMILES string of the molecule is COc1ccc(OC)c(C(C)Nc2ccn(C)n2)c1. The van der Waals surface area contributed by atoms with Gasteiger partial charge in [0.2, 0.25) is 0 Å². The van der Waals surface area contributed by atoms with Crippen LogP contribution in [-0.4, -0.2) is 24.0 Å². The van der Waals surface area contributed by atoms with Crippen LogP contribution in [0.5, 0.6) is 11.5 Å². The second-order valence-corrected chi connectivity index (χ2v) is 4.35. The number of hydrogen-bond donors (Lipinski definition) is 1. The van der Waals surface area contributed by atoms with Gasteiger partial charge in [-0.3, -0.25) is 4.68 Å². The lowest BCUT2D eigenvalue weighted by molar-refractivity contribution is 0.397. The Morgan fingerprint density at radius 3 is 2.58 bits per heavy atom. The normalized spacial score (nSPS) is 12.0. The average molecular weight is 261 g/mol. The van der Waals surface area contributed by atoms with E-state index in [1.54, 1.807) is 18.9 Å². The molecule has 0 aliphatic rings. The van der Waals surface area contributed by atoms with Gasteiger partial charge in [-0.15, -0.1) is 0 Å². The summed E-state index contributed by atoms with van der Waals surface area (Å²) in [4.78, 5) is 0. The van der Waals surface area contributed by atoms with Crippen LogP contribution in [0.4, 0.5) is 5.82 Å². The van der Waals surface area contributed by atoms with Crippen molar-refractivity contribution in [2.45, 2.75) is 13.0 Å². The zero-order chi connectivity index (χ0) is 13.8. The van der Waals surface area contributed by atoms with Gasteiger partial charge in [0.05, 0.1) is 20.3 Å². The van der Waals surface area contributed by atoms with Crippen molar-refractivity contribution in [1.82, 2.24) is 9.78 Å². The van der Waals surface area contributed by atoms with E-state index in [1.165, 1.54) is 0 Å². The van der Waals surface area contributed by atoms with E-state index in [0.717, 1.165) is 22.9 Å². The van der Waals surface area contributed by atoms with Gasteiger partial charge in [0.25, 0.3) is 0 Å². The van der Waals surface area contributed by atoms with Crippen LogP contribution < -0.4 is 14.8 Å². The lowest BCUT2D eigenvalue weighted by Crippen LogP contribution is -2.09. The van der Waals surface area contributed by atoms with Gasteiger partial charge in [-0.25, -0.2) is 0 Å². The maximum atomic E-state index is 5.39. The fourth-order valence-corrected chi connectivity index (χ4v) is 1.97. The minimum atomic E-state index is 0.0694. The Morgan fingerprint density at radius 2 is 2.00 bits per heavy atom. The van der Waals surface area contributed by atoms with E-state index in [-0.39, 0.29) is 6.04 Å². The van der Waals surface area contributed by atoms with Crippen molar-refractivity contribution in [1.29, 1.82) is 0 Å². The van der Waals surface area contributed by atoms with Crippen LogP contribution in [0.2, 0.25) is 0 Å². The summed E-state index contributed by atoms with van der Waals surface area (Å²) in [5.41, 5.74) is 1.03. The number of methoxy groups -OCH3 is 2. The van der Waals surface area contributed by atoms with Gasteiger partial charge in [-0.2, -0.15) is 5.10 Å². The number of hydrogen-bond acceptors (Lipinski definition) is 4. The fourth-order valence-electron chi connectivity index (χ4n) is 1.97. The van der Waals surface area contributed by atoms with Crippen molar-refractivity contribution in [2.24, 2.45) is 7.05 Å². The third-order valence-electron chi connectivity index (χ3n) is 2.98. The molecule has 19 heavy (non-hydrogen) atoms. The van der Waals surface area contributed by atoms with Gasteiger partial charge < -0.3 is 14.8 Å².